The lowest BCUT2D eigenvalue weighted by Gasteiger charge is -2.16. The van der Waals surface area contributed by atoms with Gasteiger partial charge in [-0.1, -0.05) is 29.3 Å². The number of halogens is 4. The molecule has 0 aliphatic carbocycles. The summed E-state index contributed by atoms with van der Waals surface area (Å²) in [6.45, 7) is 3.79. The predicted octanol–water partition coefficient (Wildman–Crippen LogP) is 6.08. The number of hydrogen-bond acceptors (Lipinski definition) is 0. The summed E-state index contributed by atoms with van der Waals surface area (Å²) in [5, 5.41) is 0.553. The molecule has 1 atom stereocenters. The van der Waals surface area contributed by atoms with Gasteiger partial charge >= 0.3 is 0 Å². The van der Waals surface area contributed by atoms with Gasteiger partial charge < -0.3 is 0 Å². The van der Waals surface area contributed by atoms with Gasteiger partial charge in [-0.2, -0.15) is 0 Å². The second-order valence-electron chi connectivity index (χ2n) is 4.49. The van der Waals surface area contributed by atoms with Crippen LogP contribution in [0.15, 0.2) is 30.3 Å². The fraction of sp³-hybridized carbons (Fsp3) is 0.200. The molecule has 0 amide bonds. The fourth-order valence-electron chi connectivity index (χ4n) is 1.95. The molecule has 0 N–H and O–H groups in total. The van der Waals surface area contributed by atoms with E-state index in [1.165, 1.54) is 12.1 Å². The molecule has 4 heteroatoms. The van der Waals surface area contributed by atoms with Gasteiger partial charge in [0.15, 0.2) is 0 Å². The lowest BCUT2D eigenvalue weighted by atomic mass is 9.97. The molecule has 0 aliphatic heterocycles. The highest BCUT2D eigenvalue weighted by Gasteiger charge is 2.18. The average Bonchev–Trinajstić information content (AvgIpc) is 2.36. The molecule has 0 fully saturated rings. The van der Waals surface area contributed by atoms with E-state index >= 15 is 0 Å². The van der Waals surface area contributed by atoms with Crippen molar-refractivity contribution in [2.24, 2.45) is 0 Å². The number of hydrogen-bond donors (Lipinski definition) is 0. The molecule has 0 radical (unpaired) electrons. The quantitative estimate of drug-likeness (QED) is 0.589. The summed E-state index contributed by atoms with van der Waals surface area (Å²) in [6, 6.07) is 8.10. The number of rotatable bonds is 2. The highest BCUT2D eigenvalue weighted by Crippen LogP contribution is 2.35. The summed E-state index contributed by atoms with van der Waals surface area (Å²) < 4.78 is 13.8. The molecule has 2 aromatic rings. The van der Waals surface area contributed by atoms with E-state index in [1.54, 1.807) is 6.07 Å². The number of alkyl halides is 1. The van der Waals surface area contributed by atoms with Gasteiger partial charge in [-0.3, -0.25) is 0 Å². The zero-order chi connectivity index (χ0) is 14.2. The first-order chi connectivity index (χ1) is 8.90. The molecule has 2 aromatic carbocycles. The Kier molecular flexibility index (Phi) is 4.39. The van der Waals surface area contributed by atoms with Gasteiger partial charge in [0.1, 0.15) is 5.82 Å². The van der Waals surface area contributed by atoms with Gasteiger partial charge in [0.25, 0.3) is 0 Å². The molecule has 0 bridgehead atoms. The van der Waals surface area contributed by atoms with E-state index in [4.69, 9.17) is 34.8 Å². The van der Waals surface area contributed by atoms with Crippen LogP contribution < -0.4 is 0 Å². The Morgan fingerprint density at radius 1 is 0.947 bits per heavy atom. The van der Waals surface area contributed by atoms with E-state index in [2.05, 4.69) is 0 Å². The molecule has 0 heterocycles. The third kappa shape index (κ3) is 3.05. The molecule has 100 valence electrons. The second kappa shape index (κ2) is 5.70. The van der Waals surface area contributed by atoms with Crippen LogP contribution in [0.1, 0.15) is 27.6 Å². The topological polar surface area (TPSA) is 0 Å². The minimum Gasteiger partial charge on any atom is -0.207 e. The largest absolute Gasteiger partial charge is 0.207 e. The summed E-state index contributed by atoms with van der Waals surface area (Å²) in [4.78, 5) is 0. The SMILES string of the molecule is Cc1cc(C(Cl)c2cc(Cl)ccc2F)c(C)cc1Cl. The zero-order valence-electron chi connectivity index (χ0n) is 10.5. The Morgan fingerprint density at radius 2 is 1.63 bits per heavy atom. The standard InChI is InChI=1S/C15H12Cl3F/c1-8-6-13(17)9(2)5-11(8)15(18)12-7-10(16)3-4-14(12)19/h3-7,15H,1-2H3. The summed E-state index contributed by atoms with van der Waals surface area (Å²) in [5.41, 5.74) is 3.05. The van der Waals surface area contributed by atoms with Crippen LogP contribution in [0.2, 0.25) is 10.0 Å². The first-order valence-corrected chi connectivity index (χ1v) is 6.95. The second-order valence-corrected chi connectivity index (χ2v) is 5.77. The van der Waals surface area contributed by atoms with Crippen LogP contribution in [0.25, 0.3) is 0 Å². The van der Waals surface area contributed by atoms with Crippen molar-refractivity contribution in [3.63, 3.8) is 0 Å². The van der Waals surface area contributed by atoms with Gasteiger partial charge in [0.05, 0.1) is 5.38 Å². The first kappa shape index (κ1) is 14.6. The van der Waals surface area contributed by atoms with Crippen molar-refractivity contribution in [1.82, 2.24) is 0 Å². The third-order valence-corrected chi connectivity index (χ3v) is 4.16. The summed E-state index contributed by atoms with van der Waals surface area (Å²) in [5.74, 6) is -0.364. The molecule has 0 saturated heterocycles. The molecule has 1 unspecified atom stereocenters. The van der Waals surface area contributed by atoms with Crippen molar-refractivity contribution >= 4 is 34.8 Å². The smallest absolute Gasteiger partial charge is 0.128 e. The van der Waals surface area contributed by atoms with E-state index in [-0.39, 0.29) is 5.82 Å². The number of aryl methyl sites for hydroxylation is 2. The Hall–Kier alpha value is -0.760. The zero-order valence-corrected chi connectivity index (χ0v) is 12.7. The third-order valence-electron chi connectivity index (χ3n) is 3.05. The maximum absolute atomic E-state index is 13.8. The van der Waals surface area contributed by atoms with Crippen LogP contribution in [0.5, 0.6) is 0 Å². The van der Waals surface area contributed by atoms with Crippen molar-refractivity contribution in [2.75, 3.05) is 0 Å². The van der Waals surface area contributed by atoms with Gasteiger partial charge in [0, 0.05) is 15.6 Å². The number of benzene rings is 2. The normalized spacial score (nSPS) is 12.5. The minimum absolute atomic E-state index is 0.364. The van der Waals surface area contributed by atoms with Crippen LogP contribution in [0.4, 0.5) is 4.39 Å². The van der Waals surface area contributed by atoms with E-state index in [1.807, 2.05) is 26.0 Å². The molecular weight excluding hydrogens is 306 g/mol. The molecule has 19 heavy (non-hydrogen) atoms. The van der Waals surface area contributed by atoms with Crippen molar-refractivity contribution in [3.8, 4) is 0 Å². The monoisotopic (exact) mass is 316 g/mol. The highest BCUT2D eigenvalue weighted by molar-refractivity contribution is 6.31. The summed E-state index contributed by atoms with van der Waals surface area (Å²) in [7, 11) is 0. The van der Waals surface area contributed by atoms with Crippen molar-refractivity contribution in [1.29, 1.82) is 0 Å². The first-order valence-electron chi connectivity index (χ1n) is 5.76. The molecule has 0 aromatic heterocycles. The molecule has 0 aliphatic rings. The molecule has 0 nitrogen and oxygen atoms in total. The van der Waals surface area contributed by atoms with Gasteiger partial charge in [-0.25, -0.2) is 4.39 Å². The van der Waals surface area contributed by atoms with Crippen LogP contribution in [-0.4, -0.2) is 0 Å². The Balaban J connectivity index is 2.52. The summed E-state index contributed by atoms with van der Waals surface area (Å²) >= 11 is 18.3. The average molecular weight is 318 g/mol. The van der Waals surface area contributed by atoms with E-state index in [0.717, 1.165) is 16.7 Å². The van der Waals surface area contributed by atoms with E-state index < -0.39 is 5.38 Å². The lowest BCUT2D eigenvalue weighted by molar-refractivity contribution is 0.612. The molecular formula is C15H12Cl3F. The Morgan fingerprint density at radius 3 is 2.32 bits per heavy atom. The summed E-state index contributed by atoms with van der Waals surface area (Å²) in [6.07, 6.45) is 0. The molecule has 0 spiro atoms. The van der Waals surface area contributed by atoms with E-state index in [9.17, 15) is 4.39 Å². The van der Waals surface area contributed by atoms with Crippen LogP contribution >= 0.6 is 34.8 Å². The van der Waals surface area contributed by atoms with Gasteiger partial charge in [-0.05, 0) is 54.8 Å². The van der Waals surface area contributed by atoms with Crippen molar-refractivity contribution in [3.05, 3.63) is 68.4 Å². The molecule has 2 rings (SSSR count). The van der Waals surface area contributed by atoms with E-state index in [0.29, 0.717) is 15.6 Å². The van der Waals surface area contributed by atoms with Gasteiger partial charge in [0.2, 0.25) is 0 Å². The Bertz CT molecular complexity index is 623. The van der Waals surface area contributed by atoms with Crippen molar-refractivity contribution in [2.45, 2.75) is 19.2 Å². The van der Waals surface area contributed by atoms with Crippen LogP contribution in [-0.2, 0) is 0 Å². The molecule has 0 saturated carbocycles. The highest BCUT2D eigenvalue weighted by atomic mass is 35.5. The van der Waals surface area contributed by atoms with Crippen molar-refractivity contribution < 1.29 is 4.39 Å². The van der Waals surface area contributed by atoms with Crippen LogP contribution in [0.3, 0.4) is 0 Å². The maximum atomic E-state index is 13.8. The van der Waals surface area contributed by atoms with Crippen LogP contribution in [0, 0.1) is 19.7 Å². The fourth-order valence-corrected chi connectivity index (χ4v) is 2.75. The van der Waals surface area contributed by atoms with Gasteiger partial charge in [-0.15, -0.1) is 11.6 Å². The maximum Gasteiger partial charge on any atom is 0.128 e. The minimum atomic E-state index is -0.588. The lowest BCUT2D eigenvalue weighted by Crippen LogP contribution is -2.00. The Labute approximate surface area is 127 Å². The predicted molar refractivity (Wildman–Crippen MR) is 80.0 cm³/mol.